The zero-order valence-corrected chi connectivity index (χ0v) is 12.4. The number of rotatable bonds is 4. The summed E-state index contributed by atoms with van der Waals surface area (Å²) in [5.74, 6) is -1.10. The van der Waals surface area contributed by atoms with Gasteiger partial charge in [0, 0.05) is 5.69 Å². The van der Waals surface area contributed by atoms with Gasteiger partial charge in [0.15, 0.2) is 0 Å². The summed E-state index contributed by atoms with van der Waals surface area (Å²) >= 11 is 0. The van der Waals surface area contributed by atoms with Crippen molar-refractivity contribution in [1.82, 2.24) is 0 Å². The van der Waals surface area contributed by atoms with Crippen molar-refractivity contribution >= 4 is 11.7 Å². The largest absolute Gasteiger partial charge is 0.481 e. The lowest BCUT2D eigenvalue weighted by Gasteiger charge is -2.20. The standard InChI is InChI=1S/C15H19F2NO3/c1-13(2)14(3,4)15(13,11(19)20)9-7-8(21-12(16)17)5-6-10(9)18/h5-7,12H,18H2,1-4H3,(H,19,20). The molecule has 1 aromatic carbocycles. The highest BCUT2D eigenvalue weighted by atomic mass is 19.3. The predicted molar refractivity (Wildman–Crippen MR) is 74.4 cm³/mol. The first-order valence-electron chi connectivity index (χ1n) is 6.58. The maximum Gasteiger partial charge on any atom is 0.387 e. The Morgan fingerprint density at radius 1 is 1.24 bits per heavy atom. The van der Waals surface area contributed by atoms with E-state index < -0.39 is 28.8 Å². The van der Waals surface area contributed by atoms with Gasteiger partial charge in [0.05, 0.1) is 0 Å². The minimum Gasteiger partial charge on any atom is -0.481 e. The second-order valence-corrected chi connectivity index (χ2v) is 6.43. The van der Waals surface area contributed by atoms with Gasteiger partial charge in [0.1, 0.15) is 11.2 Å². The van der Waals surface area contributed by atoms with Crippen molar-refractivity contribution in [3.05, 3.63) is 23.8 Å². The number of ether oxygens (including phenoxy) is 1. The van der Waals surface area contributed by atoms with E-state index in [1.165, 1.54) is 18.2 Å². The number of aliphatic carboxylic acids is 1. The summed E-state index contributed by atoms with van der Waals surface area (Å²) in [7, 11) is 0. The van der Waals surface area contributed by atoms with Crippen LogP contribution in [0.4, 0.5) is 14.5 Å². The number of carboxylic acids is 1. The molecule has 3 N–H and O–H groups in total. The van der Waals surface area contributed by atoms with E-state index in [4.69, 9.17) is 5.73 Å². The second-order valence-electron chi connectivity index (χ2n) is 6.43. The third-order valence-corrected chi connectivity index (χ3v) is 5.35. The second kappa shape index (κ2) is 4.32. The summed E-state index contributed by atoms with van der Waals surface area (Å²) in [6.07, 6.45) is 0. The molecule has 2 rings (SSSR count). The van der Waals surface area contributed by atoms with E-state index in [1.54, 1.807) is 0 Å². The molecule has 0 bridgehead atoms. The van der Waals surface area contributed by atoms with Crippen molar-refractivity contribution in [3.63, 3.8) is 0 Å². The summed E-state index contributed by atoms with van der Waals surface area (Å²) in [5.41, 5.74) is 4.14. The number of carbonyl (C=O) groups is 1. The molecule has 116 valence electrons. The van der Waals surface area contributed by atoms with E-state index >= 15 is 0 Å². The Bertz CT molecular complexity index is 583. The normalized spacial score (nSPS) is 21.1. The Morgan fingerprint density at radius 3 is 2.14 bits per heavy atom. The number of carboxylic acid groups (broad SMARTS) is 1. The summed E-state index contributed by atoms with van der Waals surface area (Å²) in [6.45, 7) is 4.37. The number of benzene rings is 1. The van der Waals surface area contributed by atoms with E-state index in [0.29, 0.717) is 5.56 Å². The molecule has 0 heterocycles. The van der Waals surface area contributed by atoms with Gasteiger partial charge in [0.25, 0.3) is 0 Å². The molecular formula is C15H19F2NO3. The number of hydrogen-bond acceptors (Lipinski definition) is 3. The molecule has 0 unspecified atom stereocenters. The van der Waals surface area contributed by atoms with E-state index in [9.17, 15) is 18.7 Å². The number of halogens is 2. The maximum atomic E-state index is 12.4. The number of alkyl halides is 2. The molecule has 1 aliphatic carbocycles. The van der Waals surface area contributed by atoms with Crippen molar-refractivity contribution in [3.8, 4) is 5.75 Å². The van der Waals surface area contributed by atoms with Gasteiger partial charge in [-0.2, -0.15) is 8.78 Å². The molecule has 1 fully saturated rings. The molecule has 0 aliphatic heterocycles. The van der Waals surface area contributed by atoms with Crippen LogP contribution in [0.5, 0.6) is 5.75 Å². The molecule has 0 atom stereocenters. The van der Waals surface area contributed by atoms with Gasteiger partial charge < -0.3 is 15.6 Å². The van der Waals surface area contributed by atoms with Gasteiger partial charge in [-0.1, -0.05) is 27.7 Å². The van der Waals surface area contributed by atoms with Gasteiger partial charge in [-0.3, -0.25) is 4.79 Å². The van der Waals surface area contributed by atoms with Crippen LogP contribution in [0.1, 0.15) is 33.3 Å². The van der Waals surface area contributed by atoms with Gasteiger partial charge >= 0.3 is 12.6 Å². The van der Waals surface area contributed by atoms with Gasteiger partial charge in [-0.15, -0.1) is 0 Å². The van der Waals surface area contributed by atoms with Crippen LogP contribution in [-0.2, 0) is 10.2 Å². The minimum atomic E-state index is -2.97. The van der Waals surface area contributed by atoms with Crippen molar-refractivity contribution in [2.45, 2.75) is 39.7 Å². The topological polar surface area (TPSA) is 72.5 Å². The van der Waals surface area contributed by atoms with Crippen molar-refractivity contribution < 1.29 is 23.4 Å². The molecule has 0 amide bonds. The van der Waals surface area contributed by atoms with Crippen LogP contribution in [0.3, 0.4) is 0 Å². The fraction of sp³-hybridized carbons (Fsp3) is 0.533. The van der Waals surface area contributed by atoms with Crippen LogP contribution in [-0.4, -0.2) is 17.7 Å². The fourth-order valence-corrected chi connectivity index (χ4v) is 3.67. The quantitative estimate of drug-likeness (QED) is 0.837. The van der Waals surface area contributed by atoms with Gasteiger partial charge in [0.2, 0.25) is 0 Å². The Balaban J connectivity index is 2.62. The van der Waals surface area contributed by atoms with Crippen molar-refractivity contribution in [2.24, 2.45) is 10.8 Å². The summed E-state index contributed by atoms with van der Waals surface area (Å²) < 4.78 is 29.1. The number of nitrogen functional groups attached to an aromatic ring is 1. The summed E-state index contributed by atoms with van der Waals surface area (Å²) in [5, 5.41) is 9.78. The highest BCUT2D eigenvalue weighted by Gasteiger charge is 2.82. The zero-order chi connectivity index (χ0) is 16.2. The first-order valence-corrected chi connectivity index (χ1v) is 6.58. The zero-order valence-electron chi connectivity index (χ0n) is 12.4. The average molecular weight is 299 g/mol. The third kappa shape index (κ3) is 1.74. The fourth-order valence-electron chi connectivity index (χ4n) is 3.67. The van der Waals surface area contributed by atoms with Crippen LogP contribution in [0.15, 0.2) is 18.2 Å². The van der Waals surface area contributed by atoms with E-state index in [2.05, 4.69) is 4.74 Å². The molecular weight excluding hydrogens is 280 g/mol. The molecule has 4 nitrogen and oxygen atoms in total. The molecule has 0 saturated heterocycles. The number of hydrogen-bond donors (Lipinski definition) is 2. The third-order valence-electron chi connectivity index (χ3n) is 5.35. The van der Waals surface area contributed by atoms with Crippen LogP contribution < -0.4 is 10.5 Å². The Morgan fingerprint density at radius 2 is 1.76 bits per heavy atom. The summed E-state index contributed by atoms with van der Waals surface area (Å²) in [6, 6.07) is 4.03. The number of nitrogens with two attached hydrogens (primary N) is 1. The Hall–Kier alpha value is -1.85. The molecule has 6 heteroatoms. The average Bonchev–Trinajstić information content (AvgIpc) is 2.68. The molecule has 1 saturated carbocycles. The Kier molecular flexibility index (Phi) is 3.20. The maximum absolute atomic E-state index is 12.4. The Labute approximate surface area is 121 Å². The van der Waals surface area contributed by atoms with E-state index in [-0.39, 0.29) is 11.4 Å². The van der Waals surface area contributed by atoms with Crippen LogP contribution in [0.2, 0.25) is 0 Å². The van der Waals surface area contributed by atoms with Crippen molar-refractivity contribution in [1.29, 1.82) is 0 Å². The molecule has 1 aliphatic rings. The van der Waals surface area contributed by atoms with Crippen LogP contribution in [0.25, 0.3) is 0 Å². The molecule has 1 aromatic rings. The van der Waals surface area contributed by atoms with Crippen LogP contribution >= 0.6 is 0 Å². The van der Waals surface area contributed by atoms with E-state index in [1.807, 2.05) is 27.7 Å². The first-order chi connectivity index (χ1) is 9.50. The van der Waals surface area contributed by atoms with E-state index in [0.717, 1.165) is 0 Å². The molecule has 0 radical (unpaired) electrons. The monoisotopic (exact) mass is 299 g/mol. The lowest BCUT2D eigenvalue weighted by Crippen LogP contribution is -2.29. The molecule has 0 aromatic heterocycles. The van der Waals surface area contributed by atoms with Gasteiger partial charge in [-0.25, -0.2) is 0 Å². The highest BCUT2D eigenvalue weighted by Crippen LogP contribution is 2.78. The minimum absolute atomic E-state index is 0.0895. The lowest BCUT2D eigenvalue weighted by atomic mass is 9.85. The van der Waals surface area contributed by atoms with Crippen molar-refractivity contribution in [2.75, 3.05) is 5.73 Å². The predicted octanol–water partition coefficient (Wildman–Crippen LogP) is 3.26. The molecule has 0 spiro atoms. The van der Waals surface area contributed by atoms with Crippen LogP contribution in [0, 0.1) is 10.8 Å². The SMILES string of the molecule is CC1(C)C(C)(C)C1(C(=O)O)c1cc(OC(F)F)ccc1N. The lowest BCUT2D eigenvalue weighted by molar-refractivity contribution is -0.141. The summed E-state index contributed by atoms with van der Waals surface area (Å²) in [4.78, 5) is 12.0. The van der Waals surface area contributed by atoms with Gasteiger partial charge in [-0.05, 0) is 34.6 Å². The smallest absolute Gasteiger partial charge is 0.387 e. The first kappa shape index (κ1) is 15.5. The number of anilines is 1. The highest BCUT2D eigenvalue weighted by molar-refractivity contribution is 5.91. The molecule has 21 heavy (non-hydrogen) atoms.